The summed E-state index contributed by atoms with van der Waals surface area (Å²) < 4.78 is 62.2. The highest BCUT2D eigenvalue weighted by Crippen LogP contribution is 2.39. The number of hydrogen-bond donors (Lipinski definition) is 0. The number of benzene rings is 1. The number of ether oxygens (including phenoxy) is 2. The Morgan fingerprint density at radius 3 is 2.61 bits per heavy atom. The number of carbonyl (C=O) groups excluding carboxylic acids is 1. The van der Waals surface area contributed by atoms with E-state index in [1.54, 1.807) is 7.11 Å². The van der Waals surface area contributed by atoms with E-state index in [1.807, 2.05) is 0 Å². The minimum Gasteiger partial charge on any atom is -0.491 e. The Balaban J connectivity index is 1.66. The molecule has 0 N–H and O–H groups in total. The molecule has 3 rings (SSSR count). The van der Waals surface area contributed by atoms with Gasteiger partial charge >= 0.3 is 0 Å². The number of rotatable bonds is 7. The molecule has 1 heterocycles. The van der Waals surface area contributed by atoms with Crippen LogP contribution < -0.4 is 4.74 Å². The third-order valence-corrected chi connectivity index (χ3v) is 7.79. The van der Waals surface area contributed by atoms with Gasteiger partial charge in [0.15, 0.2) is 9.84 Å². The first-order chi connectivity index (χ1) is 13.1. The van der Waals surface area contributed by atoms with Gasteiger partial charge in [0.2, 0.25) is 5.91 Å². The van der Waals surface area contributed by atoms with Crippen molar-refractivity contribution >= 4 is 27.3 Å². The number of alkyl halides is 2. The normalized spacial score (nSPS) is 24.1. The summed E-state index contributed by atoms with van der Waals surface area (Å²) in [4.78, 5) is 13.4. The van der Waals surface area contributed by atoms with E-state index >= 15 is 0 Å². The second kappa shape index (κ2) is 8.12. The van der Waals surface area contributed by atoms with Gasteiger partial charge in [-0.2, -0.15) is 0 Å². The molecule has 1 saturated heterocycles. The van der Waals surface area contributed by atoms with Crippen LogP contribution in [-0.2, 0) is 19.4 Å². The molecule has 0 unspecified atom stereocenters. The first kappa shape index (κ1) is 21.3. The number of amides is 1. The van der Waals surface area contributed by atoms with Gasteiger partial charge in [-0.1, -0.05) is 11.6 Å². The van der Waals surface area contributed by atoms with E-state index in [0.29, 0.717) is 31.8 Å². The molecule has 2 aliphatic rings. The van der Waals surface area contributed by atoms with Crippen molar-refractivity contribution < 1.29 is 31.5 Å². The van der Waals surface area contributed by atoms with E-state index in [1.165, 1.54) is 18.2 Å². The lowest BCUT2D eigenvalue weighted by Gasteiger charge is -2.40. The number of methoxy groups -OCH3 is 1. The number of sulfone groups is 1. The van der Waals surface area contributed by atoms with Crippen LogP contribution in [0.3, 0.4) is 0 Å². The molecule has 2 fully saturated rings. The van der Waals surface area contributed by atoms with Crippen LogP contribution >= 0.6 is 11.6 Å². The first-order valence-corrected chi connectivity index (χ1v) is 10.9. The van der Waals surface area contributed by atoms with Crippen LogP contribution in [0.4, 0.5) is 8.78 Å². The van der Waals surface area contributed by atoms with Crippen LogP contribution in [0.1, 0.15) is 19.3 Å². The lowest BCUT2D eigenvalue weighted by atomic mass is 10.0. The summed E-state index contributed by atoms with van der Waals surface area (Å²) in [6.45, 7) is -0.481. The third-order valence-electron chi connectivity index (χ3n) is 5.09. The van der Waals surface area contributed by atoms with E-state index in [-0.39, 0.29) is 16.3 Å². The van der Waals surface area contributed by atoms with Gasteiger partial charge in [-0.05, 0) is 31.4 Å². The Hall–Kier alpha value is -1.45. The quantitative estimate of drug-likeness (QED) is 0.613. The Morgan fingerprint density at radius 1 is 1.29 bits per heavy atom. The maximum atomic E-state index is 13.0. The molecule has 28 heavy (non-hydrogen) atoms. The fourth-order valence-corrected chi connectivity index (χ4v) is 5.97. The van der Waals surface area contributed by atoms with Crippen molar-refractivity contribution in [3.05, 3.63) is 23.2 Å². The van der Waals surface area contributed by atoms with Gasteiger partial charge < -0.3 is 14.4 Å². The van der Waals surface area contributed by atoms with E-state index < -0.39 is 45.9 Å². The maximum Gasteiger partial charge on any atom is 0.282 e. The van der Waals surface area contributed by atoms with Crippen molar-refractivity contribution in [2.75, 3.05) is 33.4 Å². The summed E-state index contributed by atoms with van der Waals surface area (Å²) in [6, 6.07) is 4.35. The number of halogens is 3. The van der Waals surface area contributed by atoms with Crippen molar-refractivity contribution in [2.24, 2.45) is 5.92 Å². The van der Waals surface area contributed by atoms with Crippen LogP contribution in [0.15, 0.2) is 23.1 Å². The molecule has 1 aliphatic carbocycles. The molecule has 1 aromatic carbocycles. The zero-order valence-electron chi connectivity index (χ0n) is 15.4. The van der Waals surface area contributed by atoms with Gasteiger partial charge in [0.1, 0.15) is 12.4 Å². The van der Waals surface area contributed by atoms with E-state index in [0.717, 1.165) is 4.90 Å². The van der Waals surface area contributed by atoms with Crippen molar-refractivity contribution in [3.63, 3.8) is 0 Å². The molecule has 0 radical (unpaired) electrons. The van der Waals surface area contributed by atoms with Gasteiger partial charge in [0, 0.05) is 19.1 Å². The fourth-order valence-electron chi connectivity index (χ4n) is 3.60. The van der Waals surface area contributed by atoms with Crippen LogP contribution in [0, 0.1) is 5.92 Å². The molecule has 156 valence electrons. The zero-order chi connectivity index (χ0) is 20.5. The number of likely N-dealkylation sites (tertiary alicyclic amines) is 1. The fraction of sp³-hybridized carbons (Fsp3) is 0.611. The molecular weight excluding hydrogens is 416 g/mol. The lowest BCUT2D eigenvalue weighted by Crippen LogP contribution is -2.59. The summed E-state index contributed by atoms with van der Waals surface area (Å²) in [7, 11) is -2.21. The summed E-state index contributed by atoms with van der Waals surface area (Å²) in [5.41, 5.74) is 0. The molecule has 1 aliphatic heterocycles. The van der Waals surface area contributed by atoms with Crippen LogP contribution in [0.25, 0.3) is 0 Å². The summed E-state index contributed by atoms with van der Waals surface area (Å²) in [6.07, 6.45) is 0.775. The zero-order valence-corrected chi connectivity index (χ0v) is 16.9. The Morgan fingerprint density at radius 2 is 2.00 bits per heavy atom. The number of nitrogens with zero attached hydrogens (tertiary/aromatic N) is 1. The number of carbonyl (C=O) groups is 1. The van der Waals surface area contributed by atoms with Gasteiger partial charge in [-0.3, -0.25) is 4.79 Å². The molecule has 10 heteroatoms. The van der Waals surface area contributed by atoms with Crippen LogP contribution in [0.2, 0.25) is 5.02 Å². The third kappa shape index (κ3) is 4.41. The molecule has 1 amide bonds. The minimum absolute atomic E-state index is 0.0122. The average Bonchev–Trinajstić information content (AvgIpc) is 3.10. The Bertz CT molecular complexity index is 840. The topological polar surface area (TPSA) is 72.9 Å². The van der Waals surface area contributed by atoms with Crippen molar-refractivity contribution in [3.8, 4) is 5.75 Å². The Kier molecular flexibility index (Phi) is 6.17. The summed E-state index contributed by atoms with van der Waals surface area (Å²) in [5, 5.41) is -0.715. The molecule has 6 nitrogen and oxygen atoms in total. The molecule has 1 aromatic rings. The van der Waals surface area contributed by atoms with Crippen molar-refractivity contribution in [2.45, 2.75) is 35.3 Å². The maximum absolute atomic E-state index is 13.0. The summed E-state index contributed by atoms with van der Waals surface area (Å²) in [5.74, 6) is -3.34. The SMILES string of the molecule is COCCOc1ccc(S(=O)(=O)[C@@H]2CC[C@@H](C(=O)N3CC(F)(F)C3)C2)c(Cl)c1. The second-order valence-corrected chi connectivity index (χ2v) is 9.76. The van der Waals surface area contributed by atoms with Gasteiger partial charge in [0.05, 0.1) is 34.9 Å². The molecule has 1 saturated carbocycles. The molecule has 0 aromatic heterocycles. The van der Waals surface area contributed by atoms with Gasteiger partial charge in [-0.25, -0.2) is 17.2 Å². The van der Waals surface area contributed by atoms with E-state index in [9.17, 15) is 22.0 Å². The van der Waals surface area contributed by atoms with Gasteiger partial charge in [-0.15, -0.1) is 0 Å². The molecule has 0 bridgehead atoms. The molecule has 2 atom stereocenters. The second-order valence-electron chi connectivity index (χ2n) is 7.16. The van der Waals surface area contributed by atoms with Gasteiger partial charge in [0.25, 0.3) is 5.92 Å². The highest BCUT2D eigenvalue weighted by Gasteiger charge is 2.49. The van der Waals surface area contributed by atoms with E-state index in [4.69, 9.17) is 21.1 Å². The predicted molar refractivity (Wildman–Crippen MR) is 98.7 cm³/mol. The largest absolute Gasteiger partial charge is 0.491 e. The Labute approximate surface area is 167 Å². The minimum atomic E-state index is -3.75. The predicted octanol–water partition coefficient (Wildman–Crippen LogP) is 2.79. The lowest BCUT2D eigenvalue weighted by molar-refractivity contribution is -0.169. The molecule has 0 spiro atoms. The van der Waals surface area contributed by atoms with Crippen LogP contribution in [0.5, 0.6) is 5.75 Å². The van der Waals surface area contributed by atoms with Crippen LogP contribution in [-0.4, -0.2) is 63.8 Å². The van der Waals surface area contributed by atoms with E-state index in [2.05, 4.69) is 0 Å². The smallest absolute Gasteiger partial charge is 0.282 e. The molecular formula is C18H22ClF2NO5S. The highest BCUT2D eigenvalue weighted by atomic mass is 35.5. The summed E-state index contributed by atoms with van der Waals surface area (Å²) >= 11 is 6.17. The van der Waals surface area contributed by atoms with Crippen molar-refractivity contribution in [1.29, 1.82) is 0 Å². The highest BCUT2D eigenvalue weighted by molar-refractivity contribution is 7.92. The van der Waals surface area contributed by atoms with Crippen molar-refractivity contribution in [1.82, 2.24) is 4.90 Å². The monoisotopic (exact) mass is 437 g/mol. The average molecular weight is 438 g/mol. The standard InChI is InChI=1S/C18H22ClF2NO5S/c1-26-6-7-27-13-3-5-16(15(19)9-13)28(24,25)14-4-2-12(8-14)17(23)22-10-18(20,21)11-22/h3,5,9,12,14H,2,4,6-8,10-11H2,1H3/t12-,14-/m1/s1. The number of hydrogen-bond acceptors (Lipinski definition) is 5. The first-order valence-electron chi connectivity index (χ1n) is 8.96.